The number of rotatable bonds is 6. The summed E-state index contributed by atoms with van der Waals surface area (Å²) in [6, 6.07) is 16.5. The Labute approximate surface area is 187 Å². The molecular formula is C23H18F3N3O2S. The zero-order valence-electron chi connectivity index (χ0n) is 17.2. The summed E-state index contributed by atoms with van der Waals surface area (Å²) >= 11 is 1.11. The maximum atomic E-state index is 12.3. The van der Waals surface area contributed by atoms with Gasteiger partial charge in [-0.1, -0.05) is 41.6 Å². The second-order valence-corrected chi connectivity index (χ2v) is 7.86. The lowest BCUT2D eigenvalue weighted by molar-refractivity contribution is -0.274. The van der Waals surface area contributed by atoms with Crippen molar-refractivity contribution in [3.63, 3.8) is 0 Å². The number of nitrogens with zero attached hydrogens (tertiary/aromatic N) is 2. The Hall–Kier alpha value is -3.51. The van der Waals surface area contributed by atoms with Crippen LogP contribution in [0.2, 0.25) is 0 Å². The summed E-state index contributed by atoms with van der Waals surface area (Å²) in [6.45, 7) is 3.86. The Balaban J connectivity index is 1.69. The van der Waals surface area contributed by atoms with E-state index >= 15 is 0 Å². The molecule has 0 saturated carbocycles. The summed E-state index contributed by atoms with van der Waals surface area (Å²) in [5, 5.41) is 12.5. The maximum absolute atomic E-state index is 12.3. The van der Waals surface area contributed by atoms with Gasteiger partial charge in [-0.3, -0.25) is 4.79 Å². The number of carbonyl (C=O) groups excluding carboxylic acids is 1. The molecule has 164 valence electrons. The van der Waals surface area contributed by atoms with Gasteiger partial charge in [-0.05, 0) is 49.7 Å². The molecule has 0 fully saturated rings. The van der Waals surface area contributed by atoms with Crippen LogP contribution in [0.15, 0.2) is 59.6 Å². The zero-order chi connectivity index (χ0) is 23.3. The minimum atomic E-state index is -4.78. The lowest BCUT2D eigenvalue weighted by Gasteiger charge is -2.11. The summed E-state index contributed by atoms with van der Waals surface area (Å²) in [7, 11) is 0. The molecular weight excluding hydrogens is 439 g/mol. The van der Waals surface area contributed by atoms with Gasteiger partial charge in [0.25, 0.3) is 0 Å². The summed E-state index contributed by atoms with van der Waals surface area (Å²) in [5.41, 5.74) is 4.29. The van der Waals surface area contributed by atoms with Crippen molar-refractivity contribution >= 4 is 23.4 Å². The third-order valence-corrected chi connectivity index (χ3v) is 5.33. The molecule has 1 heterocycles. The largest absolute Gasteiger partial charge is 0.573 e. The minimum Gasteiger partial charge on any atom is -0.406 e. The third-order valence-electron chi connectivity index (χ3n) is 4.34. The highest BCUT2D eigenvalue weighted by Gasteiger charge is 2.31. The van der Waals surface area contributed by atoms with Gasteiger partial charge in [-0.2, -0.15) is 5.26 Å². The lowest BCUT2D eigenvalue weighted by atomic mass is 10.0. The van der Waals surface area contributed by atoms with E-state index in [1.54, 1.807) is 6.07 Å². The Morgan fingerprint density at radius 2 is 1.78 bits per heavy atom. The predicted molar refractivity (Wildman–Crippen MR) is 116 cm³/mol. The summed E-state index contributed by atoms with van der Waals surface area (Å²) < 4.78 is 40.5. The molecule has 0 aliphatic heterocycles. The fourth-order valence-electron chi connectivity index (χ4n) is 2.86. The molecule has 0 unspecified atom stereocenters. The van der Waals surface area contributed by atoms with Crippen molar-refractivity contribution in [2.45, 2.75) is 25.2 Å². The number of ether oxygens (including phenoxy) is 1. The minimum absolute atomic E-state index is 0.0289. The number of anilines is 1. The van der Waals surface area contributed by atoms with E-state index in [0.29, 0.717) is 16.3 Å². The van der Waals surface area contributed by atoms with Crippen LogP contribution in [0.5, 0.6) is 5.75 Å². The van der Waals surface area contributed by atoms with Crippen LogP contribution < -0.4 is 10.1 Å². The van der Waals surface area contributed by atoms with Crippen LogP contribution >= 0.6 is 11.8 Å². The van der Waals surface area contributed by atoms with Gasteiger partial charge in [-0.15, -0.1) is 13.2 Å². The van der Waals surface area contributed by atoms with Crippen molar-refractivity contribution < 1.29 is 22.7 Å². The highest BCUT2D eigenvalue weighted by atomic mass is 32.2. The number of aryl methyl sites for hydroxylation is 2. The average Bonchev–Trinajstić information content (AvgIpc) is 2.73. The van der Waals surface area contributed by atoms with E-state index in [1.165, 1.54) is 12.1 Å². The molecule has 3 aromatic rings. The Morgan fingerprint density at radius 1 is 1.12 bits per heavy atom. The van der Waals surface area contributed by atoms with Crippen LogP contribution in [0, 0.1) is 25.2 Å². The number of halogens is 3. The summed E-state index contributed by atoms with van der Waals surface area (Å²) in [6.07, 6.45) is -4.78. The van der Waals surface area contributed by atoms with Crippen molar-refractivity contribution in [3.05, 3.63) is 71.3 Å². The van der Waals surface area contributed by atoms with E-state index in [1.807, 2.05) is 38.1 Å². The van der Waals surface area contributed by atoms with Crippen molar-refractivity contribution in [1.82, 2.24) is 4.98 Å². The first-order chi connectivity index (χ1) is 15.1. The number of aromatic nitrogens is 1. The molecule has 0 bridgehead atoms. The number of thioether (sulfide) groups is 1. The van der Waals surface area contributed by atoms with E-state index in [0.717, 1.165) is 46.3 Å². The van der Waals surface area contributed by atoms with Crippen LogP contribution in [0.25, 0.3) is 11.3 Å². The molecule has 0 saturated heterocycles. The zero-order valence-corrected chi connectivity index (χ0v) is 18.0. The SMILES string of the molecule is Cc1ccc(-c2nc(SCC(=O)Nc3ccc(OC(F)(F)F)cc3)c(C#N)cc2C)cc1. The topological polar surface area (TPSA) is 75.0 Å². The first kappa shape index (κ1) is 23.2. The van der Waals surface area contributed by atoms with Crippen LogP contribution in [-0.4, -0.2) is 23.0 Å². The molecule has 0 spiro atoms. The molecule has 5 nitrogen and oxygen atoms in total. The number of nitrogens with one attached hydrogen (secondary N) is 1. The summed E-state index contributed by atoms with van der Waals surface area (Å²) in [5.74, 6) is -0.794. The smallest absolute Gasteiger partial charge is 0.406 e. The Bertz CT molecular complexity index is 1160. The Kier molecular flexibility index (Phi) is 7.05. The van der Waals surface area contributed by atoms with Gasteiger partial charge in [0.1, 0.15) is 16.8 Å². The predicted octanol–water partition coefficient (Wildman–Crippen LogP) is 5.87. The average molecular weight is 457 g/mol. The molecule has 0 aliphatic rings. The Morgan fingerprint density at radius 3 is 2.38 bits per heavy atom. The highest BCUT2D eigenvalue weighted by Crippen LogP contribution is 2.29. The summed E-state index contributed by atoms with van der Waals surface area (Å²) in [4.78, 5) is 16.9. The van der Waals surface area contributed by atoms with Crippen LogP contribution in [0.3, 0.4) is 0 Å². The third kappa shape index (κ3) is 6.25. The van der Waals surface area contributed by atoms with Gasteiger partial charge in [0.05, 0.1) is 17.0 Å². The number of carbonyl (C=O) groups is 1. The van der Waals surface area contributed by atoms with Crippen LogP contribution in [0.4, 0.5) is 18.9 Å². The first-order valence-electron chi connectivity index (χ1n) is 9.42. The first-order valence-corrected chi connectivity index (χ1v) is 10.4. The number of pyridine rings is 1. The molecule has 1 N–H and O–H groups in total. The van der Waals surface area contributed by atoms with E-state index in [2.05, 4.69) is 21.1 Å². The number of alkyl halides is 3. The van der Waals surface area contributed by atoms with Crippen molar-refractivity contribution in [2.24, 2.45) is 0 Å². The molecule has 1 aromatic heterocycles. The van der Waals surface area contributed by atoms with E-state index in [-0.39, 0.29) is 17.4 Å². The number of hydrogen-bond donors (Lipinski definition) is 1. The van der Waals surface area contributed by atoms with Crippen molar-refractivity contribution in [2.75, 3.05) is 11.1 Å². The molecule has 1 amide bonds. The fourth-order valence-corrected chi connectivity index (χ4v) is 3.62. The second-order valence-electron chi connectivity index (χ2n) is 6.89. The van der Waals surface area contributed by atoms with E-state index in [9.17, 15) is 23.2 Å². The van der Waals surface area contributed by atoms with Crippen molar-refractivity contribution in [3.8, 4) is 23.1 Å². The molecule has 2 aromatic carbocycles. The normalized spacial score (nSPS) is 11.0. The molecule has 32 heavy (non-hydrogen) atoms. The van der Waals surface area contributed by atoms with Gasteiger partial charge < -0.3 is 10.1 Å². The standard InChI is InChI=1S/C23H18F3N3O2S/c1-14-3-5-16(6-4-14)21-15(2)11-17(12-27)22(29-21)32-13-20(30)28-18-7-9-19(10-8-18)31-23(24,25)26/h3-11H,13H2,1-2H3,(H,28,30). The molecule has 9 heteroatoms. The number of amides is 1. The molecule has 0 atom stereocenters. The second kappa shape index (κ2) is 9.75. The molecule has 3 rings (SSSR count). The van der Waals surface area contributed by atoms with Crippen LogP contribution in [0.1, 0.15) is 16.7 Å². The maximum Gasteiger partial charge on any atom is 0.573 e. The number of benzene rings is 2. The highest BCUT2D eigenvalue weighted by molar-refractivity contribution is 8.00. The van der Waals surface area contributed by atoms with Crippen molar-refractivity contribution in [1.29, 1.82) is 5.26 Å². The fraction of sp³-hybridized carbons (Fsp3) is 0.174. The quantitative estimate of drug-likeness (QED) is 0.469. The van der Waals surface area contributed by atoms with Gasteiger partial charge in [-0.25, -0.2) is 4.98 Å². The lowest BCUT2D eigenvalue weighted by Crippen LogP contribution is -2.17. The van der Waals surface area contributed by atoms with E-state index < -0.39 is 6.36 Å². The van der Waals surface area contributed by atoms with Gasteiger partial charge in [0, 0.05) is 11.3 Å². The van der Waals surface area contributed by atoms with Gasteiger partial charge >= 0.3 is 6.36 Å². The number of nitriles is 1. The molecule has 0 radical (unpaired) electrons. The van der Waals surface area contributed by atoms with Gasteiger partial charge in [0.2, 0.25) is 5.91 Å². The van der Waals surface area contributed by atoms with Gasteiger partial charge in [0.15, 0.2) is 0 Å². The van der Waals surface area contributed by atoms with Crippen LogP contribution in [-0.2, 0) is 4.79 Å². The van der Waals surface area contributed by atoms with E-state index in [4.69, 9.17) is 0 Å². The number of hydrogen-bond acceptors (Lipinski definition) is 5. The molecule has 0 aliphatic carbocycles. The monoisotopic (exact) mass is 457 g/mol.